The van der Waals surface area contributed by atoms with Crippen molar-refractivity contribution < 1.29 is 19.1 Å². The zero-order valence-corrected chi connectivity index (χ0v) is 20.9. The highest BCUT2D eigenvalue weighted by atomic mass is 16.5. The van der Waals surface area contributed by atoms with Gasteiger partial charge >= 0.3 is 5.97 Å². The molecule has 0 bridgehead atoms. The Morgan fingerprint density at radius 1 is 0.972 bits per heavy atom. The molecule has 4 rings (SSSR count). The van der Waals surface area contributed by atoms with E-state index in [1.165, 1.54) is 4.90 Å². The number of amides is 2. The lowest BCUT2D eigenvalue weighted by molar-refractivity contribution is -0.154. The zero-order chi connectivity index (χ0) is 25.7. The van der Waals surface area contributed by atoms with Crippen molar-refractivity contribution in [3.8, 4) is 23.7 Å². The average Bonchev–Trinajstić information content (AvgIpc) is 3.09. The van der Waals surface area contributed by atoms with Crippen LogP contribution in [0.4, 0.5) is 0 Å². The number of imide groups is 1. The SMILES string of the molecule is CC(C)(C)C(=O)OC1C#CCCCCC#CC1=Cc1ccccc1CN1C(=O)c2ccccc2C1=O. The first-order valence-electron chi connectivity index (χ1n) is 12.2. The van der Waals surface area contributed by atoms with Gasteiger partial charge in [0.15, 0.2) is 6.10 Å². The summed E-state index contributed by atoms with van der Waals surface area (Å²) in [4.78, 5) is 39.8. The molecule has 1 aliphatic heterocycles. The molecule has 0 saturated carbocycles. The van der Waals surface area contributed by atoms with Crippen LogP contribution in [0, 0.1) is 29.1 Å². The maximum absolute atomic E-state index is 12.9. The number of fused-ring (bicyclic) bond motifs is 1. The maximum atomic E-state index is 12.9. The predicted molar refractivity (Wildman–Crippen MR) is 138 cm³/mol. The van der Waals surface area contributed by atoms with Gasteiger partial charge in [0.1, 0.15) is 0 Å². The van der Waals surface area contributed by atoms with Crippen LogP contribution in [0.5, 0.6) is 0 Å². The number of hydrogen-bond donors (Lipinski definition) is 0. The summed E-state index contributed by atoms with van der Waals surface area (Å²) in [5.41, 5.74) is 2.30. The Labute approximate surface area is 212 Å². The van der Waals surface area contributed by atoms with Crippen LogP contribution in [-0.2, 0) is 16.1 Å². The lowest BCUT2D eigenvalue weighted by atomic mass is 9.96. The van der Waals surface area contributed by atoms with Gasteiger partial charge in [0, 0.05) is 12.8 Å². The number of carbonyl (C=O) groups excluding carboxylic acids is 3. The van der Waals surface area contributed by atoms with Gasteiger partial charge in [-0.1, -0.05) is 60.1 Å². The molecule has 1 unspecified atom stereocenters. The van der Waals surface area contributed by atoms with Gasteiger partial charge in [-0.15, -0.1) is 0 Å². The Kier molecular flexibility index (Phi) is 7.41. The Morgan fingerprint density at radius 2 is 1.58 bits per heavy atom. The number of carbonyl (C=O) groups is 3. The molecule has 2 aliphatic rings. The van der Waals surface area contributed by atoms with E-state index in [-0.39, 0.29) is 24.3 Å². The summed E-state index contributed by atoms with van der Waals surface area (Å²) in [5, 5.41) is 0. The van der Waals surface area contributed by atoms with Crippen LogP contribution < -0.4 is 0 Å². The minimum atomic E-state index is -0.797. The van der Waals surface area contributed by atoms with Crippen molar-refractivity contribution >= 4 is 23.9 Å². The molecule has 2 amide bonds. The molecule has 0 spiro atoms. The third-order valence-corrected chi connectivity index (χ3v) is 6.01. The molecule has 0 saturated heterocycles. The van der Waals surface area contributed by atoms with Gasteiger partial charge in [-0.05, 0) is 62.9 Å². The first-order chi connectivity index (χ1) is 17.3. The van der Waals surface area contributed by atoms with Crippen molar-refractivity contribution in [1.29, 1.82) is 0 Å². The van der Waals surface area contributed by atoms with Crippen molar-refractivity contribution in [3.63, 3.8) is 0 Å². The molecule has 0 aromatic heterocycles. The monoisotopic (exact) mass is 479 g/mol. The average molecular weight is 480 g/mol. The number of rotatable bonds is 4. The van der Waals surface area contributed by atoms with Crippen molar-refractivity contribution in [2.24, 2.45) is 5.41 Å². The Balaban J connectivity index is 1.69. The minimum absolute atomic E-state index is 0.123. The van der Waals surface area contributed by atoms with Crippen LogP contribution in [0.1, 0.15) is 78.3 Å². The van der Waals surface area contributed by atoms with E-state index in [1.54, 1.807) is 45.0 Å². The Hall–Kier alpha value is -4.09. The van der Waals surface area contributed by atoms with Gasteiger partial charge in [0.05, 0.1) is 28.7 Å². The van der Waals surface area contributed by atoms with Crippen molar-refractivity contribution in [2.45, 2.75) is 59.1 Å². The third kappa shape index (κ3) is 5.58. The summed E-state index contributed by atoms with van der Waals surface area (Å²) in [6.07, 6.45) is 4.42. The summed E-state index contributed by atoms with van der Waals surface area (Å²) in [5.74, 6) is 11.6. The second kappa shape index (κ2) is 10.7. The van der Waals surface area contributed by atoms with Crippen LogP contribution in [0.2, 0.25) is 0 Å². The first kappa shape index (κ1) is 25.0. The summed E-state index contributed by atoms with van der Waals surface area (Å²) in [7, 11) is 0. The molecule has 182 valence electrons. The molecule has 5 nitrogen and oxygen atoms in total. The molecular weight excluding hydrogens is 450 g/mol. The first-order valence-corrected chi connectivity index (χ1v) is 12.2. The molecule has 2 aromatic rings. The fourth-order valence-corrected chi connectivity index (χ4v) is 3.93. The molecule has 0 fully saturated rings. The van der Waals surface area contributed by atoms with Crippen LogP contribution in [0.15, 0.2) is 54.1 Å². The van der Waals surface area contributed by atoms with Crippen molar-refractivity contribution in [1.82, 2.24) is 4.90 Å². The number of nitrogens with zero attached hydrogens (tertiary/aromatic N) is 1. The smallest absolute Gasteiger partial charge is 0.312 e. The van der Waals surface area contributed by atoms with Crippen LogP contribution in [0.3, 0.4) is 0 Å². The Morgan fingerprint density at radius 3 is 2.25 bits per heavy atom. The zero-order valence-electron chi connectivity index (χ0n) is 20.9. The fourth-order valence-electron chi connectivity index (χ4n) is 3.93. The van der Waals surface area contributed by atoms with Gasteiger partial charge in [0.2, 0.25) is 0 Å². The second-order valence-electron chi connectivity index (χ2n) is 9.91. The van der Waals surface area contributed by atoms with Gasteiger partial charge in [-0.2, -0.15) is 0 Å². The van der Waals surface area contributed by atoms with Crippen molar-refractivity contribution in [2.75, 3.05) is 0 Å². The lowest BCUT2D eigenvalue weighted by Crippen LogP contribution is -2.29. The summed E-state index contributed by atoms with van der Waals surface area (Å²) in [6, 6.07) is 14.4. The van der Waals surface area contributed by atoms with Gasteiger partial charge in [0.25, 0.3) is 11.8 Å². The molecule has 1 aliphatic carbocycles. The standard InChI is InChI=1S/C31H29NO4/c1-31(2,3)30(35)36-27-19-9-7-5-4-6-8-15-23(27)20-22-14-10-11-16-24(22)21-32-28(33)25-17-12-13-18-26(25)29(32)34/h10-14,16-18,20,27H,4-7,21H2,1-3H3. The van der Waals surface area contributed by atoms with Gasteiger partial charge in [-0.3, -0.25) is 19.3 Å². The van der Waals surface area contributed by atoms with E-state index in [0.717, 1.165) is 36.8 Å². The third-order valence-electron chi connectivity index (χ3n) is 6.01. The van der Waals surface area contributed by atoms with Crippen molar-refractivity contribution in [3.05, 3.63) is 76.4 Å². The van der Waals surface area contributed by atoms with Crippen LogP contribution in [-0.4, -0.2) is 28.8 Å². The molecule has 0 N–H and O–H groups in total. The number of hydrogen-bond acceptors (Lipinski definition) is 4. The second-order valence-corrected chi connectivity index (χ2v) is 9.91. The maximum Gasteiger partial charge on any atom is 0.312 e. The number of esters is 1. The van der Waals surface area contributed by atoms with Gasteiger partial charge in [-0.25, -0.2) is 0 Å². The quantitative estimate of drug-likeness (QED) is 0.334. The minimum Gasteiger partial charge on any atom is -0.443 e. The molecule has 5 heteroatoms. The van der Waals surface area contributed by atoms with E-state index in [0.29, 0.717) is 16.7 Å². The van der Waals surface area contributed by atoms with E-state index in [2.05, 4.69) is 23.7 Å². The Bertz CT molecular complexity index is 1320. The van der Waals surface area contributed by atoms with E-state index in [4.69, 9.17) is 4.74 Å². The topological polar surface area (TPSA) is 63.7 Å². The highest BCUT2D eigenvalue weighted by Gasteiger charge is 2.35. The molecule has 2 aromatic carbocycles. The predicted octanol–water partition coefficient (Wildman–Crippen LogP) is 5.40. The molecular formula is C31H29NO4. The normalized spacial score (nSPS) is 18.6. The molecule has 0 radical (unpaired) electrons. The largest absolute Gasteiger partial charge is 0.443 e. The summed E-state index contributed by atoms with van der Waals surface area (Å²) in [6.45, 7) is 5.53. The number of ether oxygens (including phenoxy) is 1. The molecule has 1 heterocycles. The highest BCUT2D eigenvalue weighted by molar-refractivity contribution is 6.21. The molecule has 1 atom stereocenters. The summed E-state index contributed by atoms with van der Waals surface area (Å²) < 4.78 is 5.82. The van der Waals surface area contributed by atoms with E-state index < -0.39 is 11.5 Å². The lowest BCUT2D eigenvalue weighted by Gasteiger charge is -2.21. The van der Waals surface area contributed by atoms with E-state index >= 15 is 0 Å². The van der Waals surface area contributed by atoms with E-state index in [1.807, 2.05) is 30.3 Å². The highest BCUT2D eigenvalue weighted by Crippen LogP contribution is 2.27. The van der Waals surface area contributed by atoms with Crippen LogP contribution in [0.25, 0.3) is 6.08 Å². The fraction of sp³-hybridized carbons (Fsp3) is 0.323. The number of benzene rings is 2. The van der Waals surface area contributed by atoms with Gasteiger partial charge < -0.3 is 4.74 Å². The molecule has 36 heavy (non-hydrogen) atoms. The van der Waals surface area contributed by atoms with Crippen LogP contribution >= 0.6 is 0 Å². The van der Waals surface area contributed by atoms with E-state index in [9.17, 15) is 14.4 Å². The summed E-state index contributed by atoms with van der Waals surface area (Å²) >= 11 is 0.